The molecule has 2 rings (SSSR count). The fourth-order valence-corrected chi connectivity index (χ4v) is 3.13. The van der Waals surface area contributed by atoms with Crippen molar-refractivity contribution in [3.05, 3.63) is 10.0 Å². The van der Waals surface area contributed by atoms with Crippen molar-refractivity contribution in [3.63, 3.8) is 0 Å². The van der Waals surface area contributed by atoms with Crippen molar-refractivity contribution >= 4 is 34.0 Å². The maximum Gasteiger partial charge on any atom is 0.351 e. The first-order valence-electron chi connectivity index (χ1n) is 5.77. The fourth-order valence-electron chi connectivity index (χ4n) is 2.02. The molecule has 1 N–H and O–H groups in total. The number of hydrogen-bond acceptors (Lipinski definition) is 6. The lowest BCUT2D eigenvalue weighted by Crippen LogP contribution is -2.19. The zero-order valence-corrected chi connectivity index (χ0v) is 12.0. The van der Waals surface area contributed by atoms with Crippen LogP contribution in [0.1, 0.15) is 16.1 Å². The zero-order valence-electron chi connectivity index (χ0n) is 10.4. The van der Waals surface area contributed by atoms with Gasteiger partial charge in [0.05, 0.1) is 7.11 Å². The summed E-state index contributed by atoms with van der Waals surface area (Å²) in [4.78, 5) is 18.2. The van der Waals surface area contributed by atoms with Crippen LogP contribution in [0.25, 0.3) is 0 Å². The van der Waals surface area contributed by atoms with Crippen molar-refractivity contribution in [2.75, 3.05) is 39.1 Å². The zero-order chi connectivity index (χ0) is 13.1. The summed E-state index contributed by atoms with van der Waals surface area (Å²) in [6, 6.07) is 0. The van der Waals surface area contributed by atoms with Gasteiger partial charge in [0.2, 0.25) is 0 Å². The molecule has 1 aliphatic rings. The molecule has 0 aromatic carbocycles. The number of rotatable bonds is 4. The third-order valence-corrected chi connectivity index (χ3v) is 4.37. The number of likely N-dealkylation sites (tertiary alicyclic amines) is 1. The van der Waals surface area contributed by atoms with E-state index in [-0.39, 0.29) is 5.15 Å². The van der Waals surface area contributed by atoms with Crippen LogP contribution in [0.5, 0.6) is 0 Å². The van der Waals surface area contributed by atoms with E-state index in [4.69, 9.17) is 11.6 Å². The molecule has 0 bridgehead atoms. The van der Waals surface area contributed by atoms with Gasteiger partial charge in [0.15, 0.2) is 15.2 Å². The standard InChI is InChI=1S/C11H16ClN3O2S/c1-15-4-3-7(6-15)5-13-11-14-9(12)8(18-11)10(16)17-2/h7H,3-6H2,1-2H3,(H,13,14). The first-order chi connectivity index (χ1) is 8.60. The van der Waals surface area contributed by atoms with Crippen molar-refractivity contribution in [2.24, 2.45) is 5.92 Å². The topological polar surface area (TPSA) is 54.5 Å². The van der Waals surface area contributed by atoms with Crippen molar-refractivity contribution in [2.45, 2.75) is 6.42 Å². The van der Waals surface area contributed by atoms with Crippen LogP contribution in [-0.4, -0.2) is 49.6 Å². The molecule has 7 heteroatoms. The van der Waals surface area contributed by atoms with Crippen molar-refractivity contribution in [1.82, 2.24) is 9.88 Å². The van der Waals surface area contributed by atoms with E-state index in [9.17, 15) is 4.79 Å². The molecule has 18 heavy (non-hydrogen) atoms. The Labute approximate surface area is 115 Å². The van der Waals surface area contributed by atoms with Crippen LogP contribution in [0.3, 0.4) is 0 Å². The van der Waals surface area contributed by atoms with E-state index >= 15 is 0 Å². The van der Waals surface area contributed by atoms with Crippen LogP contribution in [0.4, 0.5) is 5.13 Å². The number of nitrogens with one attached hydrogen (secondary N) is 1. The third kappa shape index (κ3) is 3.13. The highest BCUT2D eigenvalue weighted by Crippen LogP contribution is 2.28. The first-order valence-corrected chi connectivity index (χ1v) is 6.96. The number of esters is 1. The van der Waals surface area contributed by atoms with Crippen LogP contribution in [0.15, 0.2) is 0 Å². The summed E-state index contributed by atoms with van der Waals surface area (Å²) in [7, 11) is 3.45. The molecule has 0 saturated carbocycles. The second-order valence-electron chi connectivity index (χ2n) is 4.43. The number of methoxy groups -OCH3 is 1. The molecule has 1 aromatic heterocycles. The molecule has 0 spiro atoms. The molecule has 0 radical (unpaired) electrons. The second kappa shape index (κ2) is 5.86. The highest BCUT2D eigenvalue weighted by molar-refractivity contribution is 7.18. The quantitative estimate of drug-likeness (QED) is 0.859. The Balaban J connectivity index is 1.92. The minimum atomic E-state index is -0.439. The Morgan fingerprint density at radius 2 is 2.50 bits per heavy atom. The largest absolute Gasteiger partial charge is 0.465 e. The molecule has 100 valence electrons. The van der Waals surface area contributed by atoms with Crippen LogP contribution in [0, 0.1) is 5.92 Å². The van der Waals surface area contributed by atoms with Gasteiger partial charge < -0.3 is 15.0 Å². The number of anilines is 1. The second-order valence-corrected chi connectivity index (χ2v) is 5.79. The molecule has 5 nitrogen and oxygen atoms in total. The van der Waals surface area contributed by atoms with Crippen LogP contribution in [-0.2, 0) is 4.74 Å². The lowest BCUT2D eigenvalue weighted by molar-refractivity contribution is 0.0606. The number of halogens is 1. The van der Waals surface area contributed by atoms with Crippen LogP contribution >= 0.6 is 22.9 Å². The molecule has 1 aliphatic heterocycles. The molecule has 2 heterocycles. The predicted molar refractivity (Wildman–Crippen MR) is 72.6 cm³/mol. The Bertz CT molecular complexity index is 438. The van der Waals surface area contributed by atoms with Gasteiger partial charge in [-0.1, -0.05) is 22.9 Å². The smallest absolute Gasteiger partial charge is 0.351 e. The van der Waals surface area contributed by atoms with Crippen LogP contribution < -0.4 is 5.32 Å². The number of aromatic nitrogens is 1. The van der Waals surface area contributed by atoms with Gasteiger partial charge in [-0.05, 0) is 25.9 Å². The summed E-state index contributed by atoms with van der Waals surface area (Å²) in [6.45, 7) is 3.09. The van der Waals surface area contributed by atoms with E-state index < -0.39 is 5.97 Å². The van der Waals surface area contributed by atoms with E-state index in [0.29, 0.717) is 15.9 Å². The molecule has 1 atom stereocenters. The maximum atomic E-state index is 11.4. The van der Waals surface area contributed by atoms with Gasteiger partial charge in [-0.25, -0.2) is 9.78 Å². The average Bonchev–Trinajstić information content (AvgIpc) is 2.92. The van der Waals surface area contributed by atoms with Gasteiger partial charge in [-0.15, -0.1) is 0 Å². The van der Waals surface area contributed by atoms with E-state index in [1.54, 1.807) is 0 Å². The SMILES string of the molecule is COC(=O)c1sc(NCC2CCN(C)C2)nc1Cl. The number of carbonyl (C=O) groups excluding carboxylic acids is 1. The summed E-state index contributed by atoms with van der Waals surface area (Å²) in [5.74, 6) is 0.186. The molecule has 1 aromatic rings. The highest BCUT2D eigenvalue weighted by atomic mass is 35.5. The van der Waals surface area contributed by atoms with Gasteiger partial charge in [0, 0.05) is 13.1 Å². The minimum Gasteiger partial charge on any atom is -0.465 e. The third-order valence-electron chi connectivity index (χ3n) is 2.99. The summed E-state index contributed by atoms with van der Waals surface area (Å²) < 4.78 is 4.64. The van der Waals surface area contributed by atoms with E-state index in [1.165, 1.54) is 24.9 Å². The monoisotopic (exact) mass is 289 g/mol. The Morgan fingerprint density at radius 1 is 1.72 bits per heavy atom. The fraction of sp³-hybridized carbons (Fsp3) is 0.636. The Morgan fingerprint density at radius 3 is 3.11 bits per heavy atom. The number of nitrogens with zero attached hydrogens (tertiary/aromatic N) is 2. The Kier molecular flexibility index (Phi) is 4.42. The summed E-state index contributed by atoms with van der Waals surface area (Å²) in [5.41, 5.74) is 0. The van der Waals surface area contributed by atoms with E-state index in [1.807, 2.05) is 0 Å². The van der Waals surface area contributed by atoms with Crippen molar-refractivity contribution in [1.29, 1.82) is 0 Å². The number of carbonyl (C=O) groups is 1. The lowest BCUT2D eigenvalue weighted by atomic mass is 10.1. The molecule has 0 amide bonds. The molecule has 1 fully saturated rings. The maximum absolute atomic E-state index is 11.4. The van der Waals surface area contributed by atoms with E-state index in [0.717, 1.165) is 19.6 Å². The number of hydrogen-bond donors (Lipinski definition) is 1. The van der Waals surface area contributed by atoms with Gasteiger partial charge >= 0.3 is 5.97 Å². The van der Waals surface area contributed by atoms with Crippen LogP contribution in [0.2, 0.25) is 5.15 Å². The summed E-state index contributed by atoms with van der Waals surface area (Å²) >= 11 is 7.12. The molecular formula is C11H16ClN3O2S. The van der Waals surface area contributed by atoms with E-state index in [2.05, 4.69) is 27.0 Å². The van der Waals surface area contributed by atoms with Crippen molar-refractivity contribution in [3.8, 4) is 0 Å². The molecule has 1 saturated heterocycles. The van der Waals surface area contributed by atoms with Gasteiger partial charge in [-0.2, -0.15) is 0 Å². The Hall–Kier alpha value is -0.850. The van der Waals surface area contributed by atoms with Gasteiger partial charge in [-0.3, -0.25) is 0 Å². The lowest BCUT2D eigenvalue weighted by Gasteiger charge is -2.10. The van der Waals surface area contributed by atoms with Gasteiger partial charge in [0.1, 0.15) is 0 Å². The van der Waals surface area contributed by atoms with Crippen molar-refractivity contribution < 1.29 is 9.53 Å². The van der Waals surface area contributed by atoms with Gasteiger partial charge in [0.25, 0.3) is 0 Å². The average molecular weight is 290 g/mol. The molecular weight excluding hydrogens is 274 g/mol. The minimum absolute atomic E-state index is 0.206. The first kappa shape index (κ1) is 13.6. The molecule has 0 aliphatic carbocycles. The number of thiazole rings is 1. The predicted octanol–water partition coefficient (Wildman–Crippen LogP) is 1.95. The normalized spacial score (nSPS) is 20.1. The summed E-state index contributed by atoms with van der Waals surface area (Å²) in [6.07, 6.45) is 1.19. The molecule has 1 unspecified atom stereocenters. The number of ether oxygens (including phenoxy) is 1. The highest BCUT2D eigenvalue weighted by Gasteiger charge is 2.21. The summed E-state index contributed by atoms with van der Waals surface area (Å²) in [5, 5.41) is 4.12.